The van der Waals surface area contributed by atoms with Crippen LogP contribution in [0, 0.1) is 0 Å². The van der Waals surface area contributed by atoms with E-state index in [2.05, 4.69) is 17.4 Å². The van der Waals surface area contributed by atoms with E-state index < -0.39 is 10.0 Å². The molecule has 8 heteroatoms. The topological polar surface area (TPSA) is 71.5 Å². The van der Waals surface area contributed by atoms with Crippen molar-refractivity contribution in [2.75, 3.05) is 13.1 Å². The quantitative estimate of drug-likeness (QED) is 0.601. The van der Waals surface area contributed by atoms with E-state index in [4.69, 9.17) is 16.4 Å². The van der Waals surface area contributed by atoms with Crippen molar-refractivity contribution in [2.24, 2.45) is 0 Å². The smallest absolute Gasteiger partial charge is 0.243 e. The van der Waals surface area contributed by atoms with Crippen molar-refractivity contribution in [3.8, 4) is 0 Å². The lowest BCUT2D eigenvalue weighted by Gasteiger charge is -2.26. The fourth-order valence-corrected chi connectivity index (χ4v) is 4.61. The first-order valence-electron chi connectivity index (χ1n) is 9.75. The first-order chi connectivity index (χ1) is 14.0. The molecular weight excluding hydrogens is 410 g/mol. The van der Waals surface area contributed by atoms with Gasteiger partial charge in [-0.05, 0) is 48.7 Å². The molecule has 0 atom stereocenters. The molecule has 1 aromatic heterocycles. The molecule has 29 heavy (non-hydrogen) atoms. The summed E-state index contributed by atoms with van der Waals surface area (Å²) in [6.45, 7) is 3.12. The Morgan fingerprint density at radius 3 is 2.69 bits per heavy atom. The van der Waals surface area contributed by atoms with Crippen LogP contribution in [0.5, 0.6) is 0 Å². The number of halogens is 1. The van der Waals surface area contributed by atoms with Crippen molar-refractivity contribution < 1.29 is 13.3 Å². The number of sulfonamides is 1. The second-order valence-electron chi connectivity index (χ2n) is 6.95. The summed E-state index contributed by atoms with van der Waals surface area (Å²) in [4.78, 5) is 9.96. The number of hydrogen-bond donors (Lipinski definition) is 1. The lowest BCUT2D eigenvalue weighted by molar-refractivity contribution is 0.0433. The third-order valence-corrected chi connectivity index (χ3v) is 6.87. The van der Waals surface area contributed by atoms with Gasteiger partial charge in [-0.25, -0.2) is 8.42 Å². The van der Waals surface area contributed by atoms with Crippen LogP contribution in [-0.2, 0) is 27.9 Å². The molecule has 0 saturated carbocycles. The molecule has 2 heterocycles. The second kappa shape index (κ2) is 10.2. The van der Waals surface area contributed by atoms with Gasteiger partial charge in [0, 0.05) is 36.4 Å². The average Bonchev–Trinajstić information content (AvgIpc) is 2.73. The minimum Gasteiger partial charge on any atom is -0.271 e. The minimum atomic E-state index is -3.50. The van der Waals surface area contributed by atoms with Crippen LogP contribution in [0.4, 0.5) is 0 Å². The lowest BCUT2D eigenvalue weighted by Crippen LogP contribution is -2.36. The van der Waals surface area contributed by atoms with E-state index in [1.165, 1.54) is 9.87 Å². The van der Waals surface area contributed by atoms with Gasteiger partial charge in [0.05, 0.1) is 10.6 Å². The summed E-state index contributed by atoms with van der Waals surface area (Å²) in [6.07, 6.45) is 7.21. The number of aryl methyl sites for hydroxylation is 1. The van der Waals surface area contributed by atoms with E-state index in [9.17, 15) is 8.42 Å². The van der Waals surface area contributed by atoms with Gasteiger partial charge in [0.1, 0.15) is 6.61 Å². The number of hydroxylamine groups is 1. The Balaban J connectivity index is 1.53. The van der Waals surface area contributed by atoms with Gasteiger partial charge in [0.15, 0.2) is 0 Å². The zero-order valence-corrected chi connectivity index (χ0v) is 18.0. The fraction of sp³-hybridized carbons (Fsp3) is 0.381. The first-order valence-corrected chi connectivity index (χ1v) is 11.6. The number of pyridine rings is 1. The van der Waals surface area contributed by atoms with Gasteiger partial charge >= 0.3 is 0 Å². The maximum absolute atomic E-state index is 12.9. The van der Waals surface area contributed by atoms with E-state index in [0.717, 1.165) is 25.0 Å². The molecule has 0 fully saturated rings. The van der Waals surface area contributed by atoms with Crippen LogP contribution in [0.15, 0.2) is 59.3 Å². The van der Waals surface area contributed by atoms with Gasteiger partial charge in [-0.2, -0.15) is 4.31 Å². The molecule has 0 unspecified atom stereocenters. The zero-order valence-electron chi connectivity index (χ0n) is 16.5. The van der Waals surface area contributed by atoms with E-state index >= 15 is 0 Å². The summed E-state index contributed by atoms with van der Waals surface area (Å²) in [5.74, 6) is 0. The predicted octanol–water partition coefficient (Wildman–Crippen LogP) is 4.08. The molecule has 1 aliphatic rings. The fourth-order valence-electron chi connectivity index (χ4n) is 3.05. The monoisotopic (exact) mass is 435 g/mol. The molecule has 0 amide bonds. The van der Waals surface area contributed by atoms with Crippen molar-refractivity contribution in [1.29, 1.82) is 0 Å². The highest BCUT2D eigenvalue weighted by Crippen LogP contribution is 2.21. The number of aromatic nitrogens is 1. The highest BCUT2D eigenvalue weighted by molar-refractivity contribution is 7.89. The van der Waals surface area contributed by atoms with E-state index in [1.54, 1.807) is 30.5 Å². The molecule has 2 aromatic rings. The Hall–Kier alpha value is -1.93. The van der Waals surface area contributed by atoms with Crippen LogP contribution in [0.1, 0.15) is 37.4 Å². The van der Waals surface area contributed by atoms with E-state index in [-0.39, 0.29) is 6.61 Å². The van der Waals surface area contributed by atoms with Gasteiger partial charge in [-0.15, -0.1) is 0 Å². The minimum absolute atomic E-state index is 0.268. The molecular formula is C21H26ClN3O3S. The summed E-state index contributed by atoms with van der Waals surface area (Å²) in [5.41, 5.74) is 5.62. The third-order valence-electron chi connectivity index (χ3n) is 4.75. The number of rotatable bonds is 9. The van der Waals surface area contributed by atoms with Gasteiger partial charge in [0.25, 0.3) is 0 Å². The van der Waals surface area contributed by atoms with Crippen LogP contribution >= 0.6 is 11.6 Å². The maximum Gasteiger partial charge on any atom is 0.243 e. The second-order valence-corrected chi connectivity index (χ2v) is 9.32. The lowest BCUT2D eigenvalue weighted by atomic mass is 10.1. The molecule has 0 saturated heterocycles. The number of nitrogens with zero attached hydrogens (tertiary/aromatic N) is 2. The van der Waals surface area contributed by atoms with Crippen molar-refractivity contribution in [1.82, 2.24) is 14.8 Å². The van der Waals surface area contributed by atoms with Gasteiger partial charge in [-0.1, -0.05) is 37.1 Å². The van der Waals surface area contributed by atoms with Gasteiger partial charge in [0.2, 0.25) is 10.0 Å². The summed E-state index contributed by atoms with van der Waals surface area (Å²) in [5, 5.41) is 0.606. The highest BCUT2D eigenvalue weighted by Gasteiger charge is 2.26. The molecule has 156 valence electrons. The average molecular weight is 436 g/mol. The SMILES string of the molecule is CCCCc1ccc(S(=O)(=O)N2CC=C(NOCc3cc(Cl)ccn3)CC2)cc1. The molecule has 0 spiro atoms. The summed E-state index contributed by atoms with van der Waals surface area (Å²) >= 11 is 5.92. The predicted molar refractivity (Wildman–Crippen MR) is 114 cm³/mol. The summed E-state index contributed by atoms with van der Waals surface area (Å²) in [6, 6.07) is 10.7. The molecule has 1 aliphatic heterocycles. The largest absolute Gasteiger partial charge is 0.271 e. The van der Waals surface area contributed by atoms with Gasteiger partial charge < -0.3 is 0 Å². The molecule has 6 nitrogen and oxygen atoms in total. The van der Waals surface area contributed by atoms with Crippen molar-refractivity contribution >= 4 is 21.6 Å². The van der Waals surface area contributed by atoms with Crippen LogP contribution < -0.4 is 5.48 Å². The maximum atomic E-state index is 12.9. The summed E-state index contributed by atoms with van der Waals surface area (Å²) < 4.78 is 27.2. The number of nitrogens with one attached hydrogen (secondary N) is 1. The van der Waals surface area contributed by atoms with Crippen LogP contribution in [0.2, 0.25) is 5.02 Å². The number of benzene rings is 1. The third kappa shape index (κ3) is 6.02. The number of unbranched alkanes of at least 4 members (excludes halogenated alkanes) is 1. The van der Waals surface area contributed by atoms with Crippen LogP contribution in [-0.4, -0.2) is 30.8 Å². The Morgan fingerprint density at radius 1 is 1.24 bits per heavy atom. The standard InChI is InChI=1S/C21H26ClN3O3S/c1-2-3-4-17-5-7-21(8-6-17)29(26,27)25-13-10-19(11-14-25)24-28-16-20-15-18(22)9-12-23-20/h5-10,12,15,24H,2-4,11,13-14,16H2,1H3. The highest BCUT2D eigenvalue weighted by atomic mass is 35.5. The van der Waals surface area contributed by atoms with Crippen LogP contribution in [0.3, 0.4) is 0 Å². The van der Waals surface area contributed by atoms with Crippen molar-refractivity contribution in [3.63, 3.8) is 0 Å². The zero-order chi connectivity index (χ0) is 20.7. The molecule has 1 N–H and O–H groups in total. The Labute approximate surface area is 177 Å². The molecule has 3 rings (SSSR count). The van der Waals surface area contributed by atoms with E-state index in [0.29, 0.717) is 35.1 Å². The van der Waals surface area contributed by atoms with Crippen LogP contribution in [0.25, 0.3) is 0 Å². The molecule has 0 radical (unpaired) electrons. The molecule has 0 aliphatic carbocycles. The normalized spacial score (nSPS) is 15.2. The van der Waals surface area contributed by atoms with E-state index in [1.807, 2.05) is 18.2 Å². The molecule has 0 bridgehead atoms. The van der Waals surface area contributed by atoms with Crippen molar-refractivity contribution in [2.45, 2.75) is 44.1 Å². The molecule has 1 aromatic carbocycles. The Kier molecular flexibility index (Phi) is 7.66. The number of hydrogen-bond acceptors (Lipinski definition) is 5. The Morgan fingerprint density at radius 2 is 2.03 bits per heavy atom. The van der Waals surface area contributed by atoms with Crippen molar-refractivity contribution in [3.05, 3.63) is 70.6 Å². The summed E-state index contributed by atoms with van der Waals surface area (Å²) in [7, 11) is -3.50. The first kappa shape index (κ1) is 21.8. The Bertz CT molecular complexity index is 946. The van der Waals surface area contributed by atoms with Gasteiger partial charge in [-0.3, -0.25) is 15.3 Å².